The van der Waals surface area contributed by atoms with E-state index < -0.39 is 12.0 Å². The number of benzene rings is 3. The summed E-state index contributed by atoms with van der Waals surface area (Å²) < 4.78 is 0. The molecule has 2 saturated heterocycles. The van der Waals surface area contributed by atoms with Crippen LogP contribution in [0.25, 0.3) is 0 Å². The van der Waals surface area contributed by atoms with E-state index in [1.165, 1.54) is 4.90 Å². The first kappa shape index (κ1) is 19.5. The zero-order valence-electron chi connectivity index (χ0n) is 17.8. The van der Waals surface area contributed by atoms with Crippen molar-refractivity contribution in [3.63, 3.8) is 0 Å². The predicted octanol–water partition coefficient (Wildman–Crippen LogP) is 4.66. The van der Waals surface area contributed by atoms with E-state index in [4.69, 9.17) is 4.84 Å². The Hall–Kier alpha value is -3.44. The van der Waals surface area contributed by atoms with Crippen molar-refractivity contribution in [1.82, 2.24) is 0 Å². The van der Waals surface area contributed by atoms with E-state index in [1.54, 1.807) is 5.06 Å². The Morgan fingerprint density at radius 1 is 0.774 bits per heavy atom. The Balaban J connectivity index is 1.59. The fraction of sp³-hybridized carbons (Fsp3) is 0.231. The van der Waals surface area contributed by atoms with Crippen molar-refractivity contribution in [3.8, 4) is 0 Å². The number of para-hydroxylation sites is 1. The van der Waals surface area contributed by atoms with Crippen LogP contribution in [0, 0.1) is 26.7 Å². The molecule has 2 aliphatic rings. The molecular formula is C26H24N2O3. The molecule has 5 rings (SSSR count). The molecule has 2 aliphatic heterocycles. The van der Waals surface area contributed by atoms with Gasteiger partial charge in [-0.05, 0) is 50.1 Å². The molecule has 0 spiro atoms. The molecule has 0 radical (unpaired) electrons. The number of hydroxylamine groups is 1. The topological polar surface area (TPSA) is 49.9 Å². The molecule has 3 atom stereocenters. The minimum atomic E-state index is -0.847. The normalized spacial score (nSPS) is 22.9. The van der Waals surface area contributed by atoms with Gasteiger partial charge < -0.3 is 0 Å². The standard InChI is InChI=1S/C26H24N2O3/c1-16-9-12-19(13-10-16)23-22-24(31-28(23)20-7-5-4-6-8-20)26(30)27(25(22)29)21-14-11-17(2)15-18(21)3/h4-15,22-24H,1-3H3/t22-,23+,24-/m0/s1. The predicted molar refractivity (Wildman–Crippen MR) is 120 cm³/mol. The lowest BCUT2D eigenvalue weighted by atomic mass is 9.90. The van der Waals surface area contributed by atoms with Crippen LogP contribution in [0.3, 0.4) is 0 Å². The number of carbonyl (C=O) groups excluding carboxylic acids is 2. The second kappa shape index (κ2) is 7.36. The summed E-state index contributed by atoms with van der Waals surface area (Å²) in [6.45, 7) is 5.94. The molecule has 3 aromatic carbocycles. The van der Waals surface area contributed by atoms with Crippen LogP contribution >= 0.6 is 0 Å². The minimum absolute atomic E-state index is 0.217. The van der Waals surface area contributed by atoms with Crippen molar-refractivity contribution in [2.24, 2.45) is 5.92 Å². The maximum absolute atomic E-state index is 13.7. The Morgan fingerprint density at radius 3 is 2.13 bits per heavy atom. The third-order valence-corrected chi connectivity index (χ3v) is 6.14. The van der Waals surface area contributed by atoms with Gasteiger partial charge in [-0.1, -0.05) is 65.7 Å². The summed E-state index contributed by atoms with van der Waals surface area (Å²) in [4.78, 5) is 34.6. The van der Waals surface area contributed by atoms with Crippen molar-refractivity contribution < 1.29 is 14.4 Å². The van der Waals surface area contributed by atoms with E-state index in [-0.39, 0.29) is 17.9 Å². The number of amides is 2. The highest BCUT2D eigenvalue weighted by Gasteiger charge is 2.60. The fourth-order valence-electron chi connectivity index (χ4n) is 4.61. The molecule has 0 aromatic heterocycles. The van der Waals surface area contributed by atoms with Crippen LogP contribution in [0.5, 0.6) is 0 Å². The van der Waals surface area contributed by atoms with Crippen LogP contribution in [0.4, 0.5) is 11.4 Å². The quantitative estimate of drug-likeness (QED) is 0.587. The highest BCUT2D eigenvalue weighted by Crippen LogP contribution is 2.47. The fourth-order valence-corrected chi connectivity index (χ4v) is 4.61. The summed E-state index contributed by atoms with van der Waals surface area (Å²) in [7, 11) is 0. The number of carbonyl (C=O) groups is 2. The van der Waals surface area contributed by atoms with Crippen LogP contribution in [-0.2, 0) is 14.4 Å². The monoisotopic (exact) mass is 412 g/mol. The number of anilines is 2. The zero-order chi connectivity index (χ0) is 21.7. The van der Waals surface area contributed by atoms with E-state index in [0.29, 0.717) is 5.69 Å². The molecule has 0 aliphatic carbocycles. The van der Waals surface area contributed by atoms with Crippen molar-refractivity contribution in [2.45, 2.75) is 32.9 Å². The number of rotatable bonds is 3. The average Bonchev–Trinajstić information content (AvgIpc) is 3.26. The average molecular weight is 412 g/mol. The number of fused-ring (bicyclic) bond motifs is 1. The van der Waals surface area contributed by atoms with Crippen LogP contribution in [0.1, 0.15) is 28.3 Å². The van der Waals surface area contributed by atoms with E-state index in [2.05, 4.69) is 0 Å². The van der Waals surface area contributed by atoms with Gasteiger partial charge in [-0.25, -0.2) is 9.96 Å². The molecule has 0 N–H and O–H groups in total. The molecule has 31 heavy (non-hydrogen) atoms. The zero-order valence-corrected chi connectivity index (χ0v) is 17.8. The number of aryl methyl sites for hydroxylation is 3. The molecule has 2 amide bonds. The highest BCUT2D eigenvalue weighted by molar-refractivity contribution is 6.24. The summed E-state index contributed by atoms with van der Waals surface area (Å²) in [6.07, 6.45) is -0.847. The Bertz CT molecular complexity index is 1160. The third-order valence-electron chi connectivity index (χ3n) is 6.14. The van der Waals surface area contributed by atoms with Crippen LogP contribution < -0.4 is 9.96 Å². The summed E-state index contributed by atoms with van der Waals surface area (Å²) in [5.74, 6) is -1.14. The number of hydrogen-bond donors (Lipinski definition) is 0. The lowest BCUT2D eigenvalue weighted by Crippen LogP contribution is -2.37. The van der Waals surface area contributed by atoms with Crippen molar-refractivity contribution in [1.29, 1.82) is 0 Å². The largest absolute Gasteiger partial charge is 0.273 e. The van der Waals surface area contributed by atoms with Gasteiger partial charge in [-0.2, -0.15) is 0 Å². The first-order chi connectivity index (χ1) is 15.0. The molecule has 0 saturated carbocycles. The molecule has 156 valence electrons. The first-order valence-electron chi connectivity index (χ1n) is 10.5. The lowest BCUT2D eigenvalue weighted by molar-refractivity contribution is -0.126. The molecule has 2 heterocycles. The van der Waals surface area contributed by atoms with Crippen molar-refractivity contribution >= 4 is 23.2 Å². The van der Waals surface area contributed by atoms with Gasteiger partial charge in [-0.3, -0.25) is 14.4 Å². The molecule has 5 heteroatoms. The van der Waals surface area contributed by atoms with Crippen LogP contribution in [0.2, 0.25) is 0 Å². The van der Waals surface area contributed by atoms with Gasteiger partial charge in [0.15, 0.2) is 6.10 Å². The van der Waals surface area contributed by atoms with Crippen LogP contribution in [-0.4, -0.2) is 17.9 Å². The summed E-state index contributed by atoms with van der Waals surface area (Å²) in [5.41, 5.74) is 5.52. The molecule has 2 fully saturated rings. The van der Waals surface area contributed by atoms with Gasteiger partial charge >= 0.3 is 0 Å². The lowest BCUT2D eigenvalue weighted by Gasteiger charge is -2.29. The van der Waals surface area contributed by atoms with E-state index in [0.717, 1.165) is 27.9 Å². The molecule has 3 aromatic rings. The highest BCUT2D eigenvalue weighted by atomic mass is 16.7. The number of hydrogen-bond acceptors (Lipinski definition) is 4. The minimum Gasteiger partial charge on any atom is -0.273 e. The molecule has 0 unspecified atom stereocenters. The van der Waals surface area contributed by atoms with Gasteiger partial charge in [0.1, 0.15) is 5.92 Å². The van der Waals surface area contributed by atoms with Gasteiger partial charge in [0.05, 0.1) is 17.4 Å². The van der Waals surface area contributed by atoms with Gasteiger partial charge in [0, 0.05) is 0 Å². The Kier molecular flexibility index (Phi) is 4.63. The second-order valence-electron chi connectivity index (χ2n) is 8.37. The van der Waals surface area contributed by atoms with Gasteiger partial charge in [0.2, 0.25) is 5.91 Å². The Labute approximate surface area is 181 Å². The van der Waals surface area contributed by atoms with E-state index in [9.17, 15) is 9.59 Å². The Morgan fingerprint density at radius 2 is 1.45 bits per heavy atom. The smallest absolute Gasteiger partial charge is 0.266 e. The maximum Gasteiger partial charge on any atom is 0.266 e. The SMILES string of the molecule is Cc1ccc([C@@H]2[C@@H]3C(=O)N(c4ccc(C)cc4C)C(=O)[C@H]3ON2c2ccccc2)cc1. The first-order valence-corrected chi connectivity index (χ1v) is 10.5. The molecule has 5 nitrogen and oxygen atoms in total. The molecule has 0 bridgehead atoms. The summed E-state index contributed by atoms with van der Waals surface area (Å²) in [5, 5.41) is 1.73. The van der Waals surface area contributed by atoms with E-state index in [1.807, 2.05) is 93.6 Å². The number of nitrogens with zero attached hydrogens (tertiary/aromatic N) is 2. The second-order valence-corrected chi connectivity index (χ2v) is 8.37. The van der Waals surface area contributed by atoms with Crippen molar-refractivity contribution in [3.05, 3.63) is 95.1 Å². The van der Waals surface area contributed by atoms with Gasteiger partial charge in [0.25, 0.3) is 5.91 Å². The van der Waals surface area contributed by atoms with Crippen molar-refractivity contribution in [2.75, 3.05) is 9.96 Å². The van der Waals surface area contributed by atoms with Crippen LogP contribution in [0.15, 0.2) is 72.8 Å². The third kappa shape index (κ3) is 3.13. The van der Waals surface area contributed by atoms with E-state index >= 15 is 0 Å². The summed E-state index contributed by atoms with van der Waals surface area (Å²) in [6, 6.07) is 23.1. The van der Waals surface area contributed by atoms with Gasteiger partial charge in [-0.15, -0.1) is 0 Å². The summed E-state index contributed by atoms with van der Waals surface area (Å²) >= 11 is 0. The maximum atomic E-state index is 13.7. The molecular weight excluding hydrogens is 388 g/mol. The number of imide groups is 1.